The standard InChI is InChI=1S/C12H13ClN4O/c13-11-2-1-10(7-9(11)8-14)16-3-5-17(6-4-16)12(15)18/h1-2,7H,3-6H2,(H2,15,18). The van der Waals surface area contributed by atoms with Gasteiger partial charge in [0, 0.05) is 31.9 Å². The zero-order valence-electron chi connectivity index (χ0n) is 9.77. The topological polar surface area (TPSA) is 73.4 Å². The Labute approximate surface area is 110 Å². The molecule has 2 N–H and O–H groups in total. The van der Waals surface area contributed by atoms with Crippen LogP contribution in [0, 0.1) is 11.3 Å². The first-order chi connectivity index (χ1) is 8.61. The Bertz CT molecular complexity index is 503. The second-order valence-corrected chi connectivity index (χ2v) is 4.50. The smallest absolute Gasteiger partial charge is 0.314 e. The highest BCUT2D eigenvalue weighted by atomic mass is 35.5. The molecular formula is C12H13ClN4O. The van der Waals surface area contributed by atoms with Crippen molar-refractivity contribution in [2.45, 2.75) is 0 Å². The van der Waals surface area contributed by atoms with Gasteiger partial charge in [-0.15, -0.1) is 0 Å². The van der Waals surface area contributed by atoms with E-state index in [-0.39, 0.29) is 6.03 Å². The van der Waals surface area contributed by atoms with Crippen molar-refractivity contribution in [2.24, 2.45) is 5.73 Å². The maximum absolute atomic E-state index is 11.0. The molecule has 0 atom stereocenters. The lowest BCUT2D eigenvalue weighted by molar-refractivity contribution is 0.204. The number of urea groups is 1. The molecule has 1 aliphatic heterocycles. The van der Waals surface area contributed by atoms with Crippen LogP contribution in [0.15, 0.2) is 18.2 Å². The third-order valence-corrected chi connectivity index (χ3v) is 3.36. The van der Waals surface area contributed by atoms with Crippen LogP contribution in [-0.2, 0) is 0 Å². The van der Waals surface area contributed by atoms with Gasteiger partial charge in [-0.2, -0.15) is 5.26 Å². The van der Waals surface area contributed by atoms with Gasteiger partial charge in [0.25, 0.3) is 0 Å². The molecule has 0 bridgehead atoms. The van der Waals surface area contributed by atoms with E-state index in [0.29, 0.717) is 36.8 Å². The van der Waals surface area contributed by atoms with Gasteiger partial charge in [0.15, 0.2) is 0 Å². The molecule has 6 heteroatoms. The summed E-state index contributed by atoms with van der Waals surface area (Å²) in [5, 5.41) is 9.39. The van der Waals surface area contributed by atoms with Crippen molar-refractivity contribution >= 4 is 23.3 Å². The van der Waals surface area contributed by atoms with Gasteiger partial charge in [0.05, 0.1) is 10.6 Å². The molecule has 0 aliphatic carbocycles. The first-order valence-corrected chi connectivity index (χ1v) is 5.98. The number of nitriles is 1. The van der Waals surface area contributed by atoms with E-state index in [9.17, 15) is 4.79 Å². The van der Waals surface area contributed by atoms with Crippen molar-refractivity contribution in [1.82, 2.24) is 4.90 Å². The highest BCUT2D eigenvalue weighted by Crippen LogP contribution is 2.23. The number of carbonyl (C=O) groups is 1. The van der Waals surface area contributed by atoms with Crippen LogP contribution < -0.4 is 10.6 Å². The Hall–Kier alpha value is -1.93. The summed E-state index contributed by atoms with van der Waals surface area (Å²) < 4.78 is 0. The minimum Gasteiger partial charge on any atom is -0.368 e. The van der Waals surface area contributed by atoms with Crippen LogP contribution >= 0.6 is 11.6 Å². The number of rotatable bonds is 1. The lowest BCUT2D eigenvalue weighted by atomic mass is 10.2. The summed E-state index contributed by atoms with van der Waals surface area (Å²) >= 11 is 5.89. The second-order valence-electron chi connectivity index (χ2n) is 4.09. The van der Waals surface area contributed by atoms with Crippen LogP contribution in [0.5, 0.6) is 0 Å². The number of carbonyl (C=O) groups excluding carboxylic acids is 1. The molecule has 1 aromatic carbocycles. The van der Waals surface area contributed by atoms with Gasteiger partial charge in [-0.3, -0.25) is 0 Å². The Morgan fingerprint density at radius 2 is 2.00 bits per heavy atom. The Balaban J connectivity index is 2.10. The maximum atomic E-state index is 11.0. The minimum atomic E-state index is -0.386. The summed E-state index contributed by atoms with van der Waals surface area (Å²) in [4.78, 5) is 14.7. The normalized spacial score (nSPS) is 15.3. The quantitative estimate of drug-likeness (QED) is 0.833. The number of hydrogen-bond donors (Lipinski definition) is 1. The van der Waals surface area contributed by atoms with Crippen molar-refractivity contribution < 1.29 is 4.79 Å². The zero-order chi connectivity index (χ0) is 13.1. The van der Waals surface area contributed by atoms with E-state index in [4.69, 9.17) is 22.6 Å². The van der Waals surface area contributed by atoms with Crippen molar-refractivity contribution in [2.75, 3.05) is 31.1 Å². The summed E-state index contributed by atoms with van der Waals surface area (Å²) in [6, 6.07) is 7.04. The highest BCUT2D eigenvalue weighted by Gasteiger charge is 2.19. The molecule has 1 fully saturated rings. The molecule has 0 aromatic heterocycles. The number of primary amides is 1. The summed E-state index contributed by atoms with van der Waals surface area (Å²) in [6.07, 6.45) is 0. The van der Waals surface area contributed by atoms with Gasteiger partial charge in [0.2, 0.25) is 0 Å². The van der Waals surface area contributed by atoms with E-state index in [0.717, 1.165) is 5.69 Å². The predicted octanol–water partition coefficient (Wildman–Crippen LogP) is 1.41. The molecule has 2 rings (SSSR count). The van der Waals surface area contributed by atoms with Crippen LogP contribution in [-0.4, -0.2) is 37.1 Å². The van der Waals surface area contributed by atoms with E-state index in [1.807, 2.05) is 6.07 Å². The Morgan fingerprint density at radius 3 is 2.56 bits per heavy atom. The van der Waals surface area contributed by atoms with Crippen molar-refractivity contribution in [3.8, 4) is 6.07 Å². The third kappa shape index (κ3) is 2.49. The first-order valence-electron chi connectivity index (χ1n) is 5.61. The lowest BCUT2D eigenvalue weighted by Crippen LogP contribution is -2.50. The van der Waals surface area contributed by atoms with Gasteiger partial charge < -0.3 is 15.5 Å². The molecule has 5 nitrogen and oxygen atoms in total. The van der Waals surface area contributed by atoms with Crippen LogP contribution in [0.3, 0.4) is 0 Å². The van der Waals surface area contributed by atoms with Crippen LogP contribution in [0.2, 0.25) is 5.02 Å². The number of piperazine rings is 1. The number of halogens is 1. The lowest BCUT2D eigenvalue weighted by Gasteiger charge is -2.35. The zero-order valence-corrected chi connectivity index (χ0v) is 10.5. The van der Waals surface area contributed by atoms with E-state index in [1.54, 1.807) is 17.0 Å². The summed E-state index contributed by atoms with van der Waals surface area (Å²) in [7, 11) is 0. The summed E-state index contributed by atoms with van der Waals surface area (Å²) in [5.74, 6) is 0. The largest absolute Gasteiger partial charge is 0.368 e. The predicted molar refractivity (Wildman–Crippen MR) is 69.5 cm³/mol. The molecular weight excluding hydrogens is 252 g/mol. The molecule has 0 radical (unpaired) electrons. The number of amides is 2. The van der Waals surface area contributed by atoms with Crippen LogP contribution in [0.25, 0.3) is 0 Å². The van der Waals surface area contributed by atoms with E-state index >= 15 is 0 Å². The van der Waals surface area contributed by atoms with Gasteiger partial charge in [-0.25, -0.2) is 4.79 Å². The highest BCUT2D eigenvalue weighted by molar-refractivity contribution is 6.31. The van der Waals surface area contributed by atoms with E-state index in [1.165, 1.54) is 0 Å². The fourth-order valence-corrected chi connectivity index (χ4v) is 2.14. The molecule has 1 heterocycles. The number of nitrogens with zero attached hydrogens (tertiary/aromatic N) is 3. The number of nitrogens with two attached hydrogens (primary N) is 1. The number of hydrogen-bond acceptors (Lipinski definition) is 3. The molecule has 1 aromatic rings. The molecule has 94 valence electrons. The van der Waals surface area contributed by atoms with Crippen molar-refractivity contribution in [3.05, 3.63) is 28.8 Å². The molecule has 2 amide bonds. The summed E-state index contributed by atoms with van der Waals surface area (Å²) in [6.45, 7) is 2.60. The second kappa shape index (κ2) is 5.15. The molecule has 1 aliphatic rings. The minimum absolute atomic E-state index is 0.386. The fourth-order valence-electron chi connectivity index (χ4n) is 1.98. The van der Waals surface area contributed by atoms with Crippen LogP contribution in [0.1, 0.15) is 5.56 Å². The monoisotopic (exact) mass is 264 g/mol. The molecule has 18 heavy (non-hydrogen) atoms. The average molecular weight is 265 g/mol. The van der Waals surface area contributed by atoms with Gasteiger partial charge in [0.1, 0.15) is 6.07 Å². The third-order valence-electron chi connectivity index (χ3n) is 3.03. The molecule has 0 saturated carbocycles. The van der Waals surface area contributed by atoms with Gasteiger partial charge in [-0.1, -0.05) is 11.6 Å². The SMILES string of the molecule is N#Cc1cc(N2CCN(C(N)=O)CC2)ccc1Cl. The summed E-state index contributed by atoms with van der Waals surface area (Å²) in [5.41, 5.74) is 6.63. The van der Waals surface area contributed by atoms with Gasteiger partial charge >= 0.3 is 6.03 Å². The average Bonchev–Trinajstić information content (AvgIpc) is 2.39. The van der Waals surface area contributed by atoms with Crippen molar-refractivity contribution in [3.63, 3.8) is 0 Å². The molecule has 0 spiro atoms. The fraction of sp³-hybridized carbons (Fsp3) is 0.333. The van der Waals surface area contributed by atoms with Crippen molar-refractivity contribution in [1.29, 1.82) is 5.26 Å². The number of benzene rings is 1. The Morgan fingerprint density at radius 1 is 1.33 bits per heavy atom. The maximum Gasteiger partial charge on any atom is 0.314 e. The molecule has 0 unspecified atom stereocenters. The van der Waals surface area contributed by atoms with E-state index in [2.05, 4.69) is 11.0 Å². The number of anilines is 1. The van der Waals surface area contributed by atoms with E-state index < -0.39 is 0 Å². The molecule has 1 saturated heterocycles. The van der Waals surface area contributed by atoms with Crippen LogP contribution in [0.4, 0.5) is 10.5 Å². The van der Waals surface area contributed by atoms with Gasteiger partial charge in [-0.05, 0) is 18.2 Å². The first kappa shape index (κ1) is 12.5. The Kier molecular flexibility index (Phi) is 3.58.